The van der Waals surface area contributed by atoms with Crippen LogP contribution in [0.4, 0.5) is 10.5 Å². The normalized spacial score (nSPS) is 15.2. The van der Waals surface area contributed by atoms with Crippen molar-refractivity contribution in [2.75, 3.05) is 52.5 Å². The van der Waals surface area contributed by atoms with Crippen LogP contribution in [0.15, 0.2) is 36.4 Å². The number of hydrogen-bond donors (Lipinski definition) is 1. The topological polar surface area (TPSA) is 107 Å². The number of amides is 2. The number of piperazine rings is 1. The number of methoxy groups -OCH3 is 2. The Kier molecular flexibility index (Phi) is 6.64. The zero-order chi connectivity index (χ0) is 23.4. The molecular formula is C23H25N3O7. The Balaban J connectivity index is 1.36. The van der Waals surface area contributed by atoms with Gasteiger partial charge < -0.3 is 29.2 Å². The number of urea groups is 1. The number of benzene rings is 2. The van der Waals surface area contributed by atoms with Gasteiger partial charge in [0, 0.05) is 38.4 Å². The van der Waals surface area contributed by atoms with Crippen molar-refractivity contribution < 1.29 is 33.3 Å². The molecule has 0 spiro atoms. The van der Waals surface area contributed by atoms with Gasteiger partial charge in [-0.3, -0.25) is 4.90 Å². The predicted molar refractivity (Wildman–Crippen MR) is 118 cm³/mol. The van der Waals surface area contributed by atoms with Crippen molar-refractivity contribution >= 4 is 23.7 Å². The largest absolute Gasteiger partial charge is 0.465 e. The summed E-state index contributed by atoms with van der Waals surface area (Å²) in [5.74, 6) is 0.277. The number of esters is 2. The number of nitrogens with one attached hydrogen (secondary N) is 1. The van der Waals surface area contributed by atoms with E-state index in [1.165, 1.54) is 32.4 Å². The van der Waals surface area contributed by atoms with Gasteiger partial charge in [-0.05, 0) is 35.9 Å². The van der Waals surface area contributed by atoms with Crippen LogP contribution in [0.3, 0.4) is 0 Å². The number of hydrogen-bond acceptors (Lipinski definition) is 8. The molecule has 2 aromatic carbocycles. The summed E-state index contributed by atoms with van der Waals surface area (Å²) in [6.07, 6.45) is 0. The van der Waals surface area contributed by atoms with Gasteiger partial charge in [-0.15, -0.1) is 0 Å². The number of anilines is 1. The molecule has 1 saturated heterocycles. The Hall–Kier alpha value is -3.79. The lowest BCUT2D eigenvalue weighted by atomic mass is 10.1. The van der Waals surface area contributed by atoms with Crippen LogP contribution in [-0.2, 0) is 16.0 Å². The highest BCUT2D eigenvalue weighted by Gasteiger charge is 2.23. The van der Waals surface area contributed by atoms with Gasteiger partial charge in [0.1, 0.15) is 0 Å². The molecule has 4 rings (SSSR count). The maximum absolute atomic E-state index is 12.8. The first-order valence-electron chi connectivity index (χ1n) is 10.5. The molecule has 1 N–H and O–H groups in total. The molecule has 10 nitrogen and oxygen atoms in total. The summed E-state index contributed by atoms with van der Waals surface area (Å²) >= 11 is 0. The predicted octanol–water partition coefficient (Wildman–Crippen LogP) is 2.34. The fourth-order valence-corrected chi connectivity index (χ4v) is 3.78. The standard InChI is InChI=1S/C23H25N3O7/c1-30-21(27)16-10-17(22(28)31-2)12-18(11-16)24-23(29)26-7-5-25(6-8-26)13-15-3-4-19-20(9-15)33-14-32-19/h3-4,9-12H,5-8,13-14H2,1-2H3,(H,24,29). The van der Waals surface area contributed by atoms with E-state index in [1.54, 1.807) is 4.90 Å². The summed E-state index contributed by atoms with van der Waals surface area (Å²) in [7, 11) is 2.49. The first-order chi connectivity index (χ1) is 16.0. The Morgan fingerprint density at radius 1 is 0.879 bits per heavy atom. The first kappa shape index (κ1) is 22.4. The molecule has 2 heterocycles. The van der Waals surface area contributed by atoms with E-state index in [4.69, 9.17) is 18.9 Å². The molecule has 0 unspecified atom stereocenters. The van der Waals surface area contributed by atoms with Crippen molar-refractivity contribution in [2.45, 2.75) is 6.54 Å². The van der Waals surface area contributed by atoms with E-state index < -0.39 is 11.9 Å². The average molecular weight is 455 g/mol. The zero-order valence-corrected chi connectivity index (χ0v) is 18.5. The molecule has 0 radical (unpaired) electrons. The number of ether oxygens (including phenoxy) is 4. The Bertz CT molecular complexity index is 1030. The molecule has 1 fully saturated rings. The third-order valence-corrected chi connectivity index (χ3v) is 5.53. The molecule has 0 saturated carbocycles. The molecule has 33 heavy (non-hydrogen) atoms. The lowest BCUT2D eigenvalue weighted by Crippen LogP contribution is -2.49. The Morgan fingerprint density at radius 2 is 1.52 bits per heavy atom. The highest BCUT2D eigenvalue weighted by Crippen LogP contribution is 2.32. The first-order valence-corrected chi connectivity index (χ1v) is 10.5. The second-order valence-corrected chi connectivity index (χ2v) is 7.66. The summed E-state index contributed by atoms with van der Waals surface area (Å²) in [5.41, 5.74) is 1.71. The molecule has 10 heteroatoms. The highest BCUT2D eigenvalue weighted by atomic mass is 16.7. The number of rotatable bonds is 5. The fourth-order valence-electron chi connectivity index (χ4n) is 3.78. The highest BCUT2D eigenvalue weighted by molar-refractivity contribution is 5.99. The quantitative estimate of drug-likeness (QED) is 0.685. The van der Waals surface area contributed by atoms with E-state index >= 15 is 0 Å². The van der Waals surface area contributed by atoms with Gasteiger partial charge in [-0.2, -0.15) is 0 Å². The minimum atomic E-state index is -0.617. The van der Waals surface area contributed by atoms with Crippen LogP contribution in [0.2, 0.25) is 0 Å². The maximum atomic E-state index is 12.8. The molecule has 2 aliphatic heterocycles. The molecule has 0 aromatic heterocycles. The third kappa shape index (κ3) is 5.17. The van der Waals surface area contributed by atoms with Crippen molar-refractivity contribution in [3.8, 4) is 11.5 Å². The van der Waals surface area contributed by atoms with Gasteiger partial charge in [-0.1, -0.05) is 6.07 Å². The second kappa shape index (κ2) is 9.78. The van der Waals surface area contributed by atoms with Crippen molar-refractivity contribution in [3.63, 3.8) is 0 Å². The van der Waals surface area contributed by atoms with Gasteiger partial charge in [0.15, 0.2) is 11.5 Å². The summed E-state index contributed by atoms with van der Waals surface area (Å²) in [6.45, 7) is 3.48. The van der Waals surface area contributed by atoms with Crippen LogP contribution in [-0.4, -0.2) is 75.0 Å². The molecule has 0 bridgehead atoms. The van der Waals surface area contributed by atoms with Gasteiger partial charge in [0.25, 0.3) is 0 Å². The van der Waals surface area contributed by atoms with Crippen molar-refractivity contribution in [1.29, 1.82) is 0 Å². The van der Waals surface area contributed by atoms with Crippen LogP contribution in [0.25, 0.3) is 0 Å². The Morgan fingerprint density at radius 3 is 2.15 bits per heavy atom. The maximum Gasteiger partial charge on any atom is 0.337 e. The van der Waals surface area contributed by atoms with Crippen LogP contribution in [0.1, 0.15) is 26.3 Å². The van der Waals surface area contributed by atoms with Crippen LogP contribution >= 0.6 is 0 Å². The van der Waals surface area contributed by atoms with E-state index in [2.05, 4.69) is 10.2 Å². The van der Waals surface area contributed by atoms with Gasteiger partial charge in [0.2, 0.25) is 6.79 Å². The van der Waals surface area contributed by atoms with Gasteiger partial charge >= 0.3 is 18.0 Å². The molecule has 174 valence electrons. The molecule has 2 amide bonds. The smallest absolute Gasteiger partial charge is 0.337 e. The zero-order valence-electron chi connectivity index (χ0n) is 18.5. The average Bonchev–Trinajstić information content (AvgIpc) is 3.31. The van der Waals surface area contributed by atoms with E-state index in [9.17, 15) is 14.4 Å². The minimum absolute atomic E-state index is 0.143. The van der Waals surface area contributed by atoms with Crippen LogP contribution in [0.5, 0.6) is 11.5 Å². The third-order valence-electron chi connectivity index (χ3n) is 5.53. The lowest BCUT2D eigenvalue weighted by molar-refractivity contribution is 0.0599. The fraction of sp³-hybridized carbons (Fsp3) is 0.348. The summed E-state index contributed by atoms with van der Waals surface area (Å²) in [5, 5.41) is 2.77. The molecular weight excluding hydrogens is 430 g/mol. The van der Waals surface area contributed by atoms with Crippen LogP contribution < -0.4 is 14.8 Å². The molecule has 0 aliphatic carbocycles. The SMILES string of the molecule is COC(=O)c1cc(NC(=O)N2CCN(Cc3ccc4c(c3)OCO4)CC2)cc(C(=O)OC)c1. The summed E-state index contributed by atoms with van der Waals surface area (Å²) in [6, 6.07) is 9.89. The van der Waals surface area contributed by atoms with E-state index in [1.807, 2.05) is 18.2 Å². The van der Waals surface area contributed by atoms with Crippen molar-refractivity contribution in [1.82, 2.24) is 9.80 Å². The molecule has 0 atom stereocenters. The molecule has 2 aromatic rings. The van der Waals surface area contributed by atoms with Crippen LogP contribution in [0, 0.1) is 0 Å². The van der Waals surface area contributed by atoms with E-state index in [0.717, 1.165) is 23.6 Å². The Labute approximate surface area is 190 Å². The summed E-state index contributed by atoms with van der Waals surface area (Å²) in [4.78, 5) is 40.6. The van der Waals surface area contributed by atoms with Crippen molar-refractivity contribution in [3.05, 3.63) is 53.1 Å². The second-order valence-electron chi connectivity index (χ2n) is 7.66. The van der Waals surface area contributed by atoms with E-state index in [0.29, 0.717) is 31.9 Å². The minimum Gasteiger partial charge on any atom is -0.465 e. The summed E-state index contributed by atoms with van der Waals surface area (Å²) < 4.78 is 20.2. The van der Waals surface area contributed by atoms with Gasteiger partial charge in [-0.25, -0.2) is 14.4 Å². The lowest BCUT2D eigenvalue weighted by Gasteiger charge is -2.34. The number of nitrogens with zero attached hydrogens (tertiary/aromatic N) is 2. The number of fused-ring (bicyclic) bond motifs is 1. The van der Waals surface area contributed by atoms with Gasteiger partial charge in [0.05, 0.1) is 25.3 Å². The number of carbonyl (C=O) groups excluding carboxylic acids is 3. The van der Waals surface area contributed by atoms with E-state index in [-0.39, 0.29) is 24.0 Å². The van der Waals surface area contributed by atoms with Crippen molar-refractivity contribution in [2.24, 2.45) is 0 Å². The number of carbonyl (C=O) groups is 3. The molecule has 2 aliphatic rings. The monoisotopic (exact) mass is 455 g/mol.